The molecule has 0 saturated carbocycles. The fourth-order valence-corrected chi connectivity index (χ4v) is 2.40. The molecule has 0 heterocycles. The Hall–Kier alpha value is -1.39. The minimum Gasteiger partial charge on any atom is -0.478 e. The zero-order valence-corrected chi connectivity index (χ0v) is 14.9. The molecule has 0 bridgehead atoms. The summed E-state index contributed by atoms with van der Waals surface area (Å²) in [5.41, 5.74) is 0. The van der Waals surface area contributed by atoms with Gasteiger partial charge in [0.1, 0.15) is 0 Å². The summed E-state index contributed by atoms with van der Waals surface area (Å²) in [5, 5.41) is 27.5. The number of aliphatic carboxylic acids is 1. The Kier molecular flexibility index (Phi) is 15.5. The van der Waals surface area contributed by atoms with E-state index in [0.717, 1.165) is 25.3 Å². The third-order valence-corrected chi connectivity index (χ3v) is 3.94. The van der Waals surface area contributed by atoms with Crippen LogP contribution in [0.4, 0.5) is 0 Å². The molecule has 0 spiro atoms. The zero-order valence-electron chi connectivity index (χ0n) is 14.9. The lowest BCUT2D eigenvalue weighted by Crippen LogP contribution is -2.24. The maximum Gasteiger partial charge on any atom is 0.328 e. The van der Waals surface area contributed by atoms with Crippen LogP contribution in [-0.2, 0) is 4.79 Å². The molecule has 2 atom stereocenters. The van der Waals surface area contributed by atoms with Crippen molar-refractivity contribution in [3.63, 3.8) is 0 Å². The van der Waals surface area contributed by atoms with Crippen LogP contribution in [-0.4, -0.2) is 33.5 Å². The molecule has 4 heteroatoms. The van der Waals surface area contributed by atoms with E-state index in [0.29, 0.717) is 12.8 Å². The van der Waals surface area contributed by atoms with Gasteiger partial charge in [0, 0.05) is 6.08 Å². The Morgan fingerprint density at radius 1 is 0.833 bits per heavy atom. The Morgan fingerprint density at radius 3 is 2.04 bits per heavy atom. The Morgan fingerprint density at radius 2 is 1.42 bits per heavy atom. The summed E-state index contributed by atoms with van der Waals surface area (Å²) in [6.07, 6.45) is 19.6. The molecule has 0 saturated heterocycles. The molecule has 0 aromatic heterocycles. The fourth-order valence-electron chi connectivity index (χ4n) is 2.40. The second-order valence-electron chi connectivity index (χ2n) is 6.11. The van der Waals surface area contributed by atoms with E-state index >= 15 is 0 Å². The second-order valence-corrected chi connectivity index (χ2v) is 6.11. The Balaban J connectivity index is 3.35. The van der Waals surface area contributed by atoms with Crippen LogP contribution in [0, 0.1) is 0 Å². The number of aliphatic hydroxyl groups excluding tert-OH is 2. The van der Waals surface area contributed by atoms with Crippen molar-refractivity contribution in [1.82, 2.24) is 0 Å². The smallest absolute Gasteiger partial charge is 0.328 e. The standard InChI is InChI=1S/C20H34O4/c1-2-18(21)19(22)16-14-12-10-8-6-4-3-5-7-9-11-13-15-17-20(23)24/h7,9,11,13,15,17-19,21-22H,2-6,8,10,12,14,16H2,1H3,(H,23,24). The van der Waals surface area contributed by atoms with Crippen molar-refractivity contribution in [1.29, 1.82) is 0 Å². The molecule has 0 radical (unpaired) electrons. The maximum absolute atomic E-state index is 10.2. The van der Waals surface area contributed by atoms with E-state index in [1.807, 2.05) is 19.1 Å². The molecule has 4 nitrogen and oxygen atoms in total. The number of hydrogen-bond donors (Lipinski definition) is 3. The summed E-state index contributed by atoms with van der Waals surface area (Å²) in [4.78, 5) is 10.2. The highest BCUT2D eigenvalue weighted by atomic mass is 16.4. The van der Waals surface area contributed by atoms with E-state index in [1.165, 1.54) is 38.2 Å². The molecule has 0 aromatic carbocycles. The topological polar surface area (TPSA) is 77.8 Å². The van der Waals surface area contributed by atoms with Crippen LogP contribution >= 0.6 is 0 Å². The lowest BCUT2D eigenvalue weighted by Gasteiger charge is -2.15. The minimum absolute atomic E-state index is 0.560. The van der Waals surface area contributed by atoms with Gasteiger partial charge < -0.3 is 15.3 Å². The summed E-state index contributed by atoms with van der Waals surface area (Å²) in [7, 11) is 0. The summed E-state index contributed by atoms with van der Waals surface area (Å²) in [5.74, 6) is -0.932. The van der Waals surface area contributed by atoms with Gasteiger partial charge in [-0.1, -0.05) is 75.8 Å². The summed E-state index contributed by atoms with van der Waals surface area (Å²) < 4.78 is 0. The minimum atomic E-state index is -0.932. The van der Waals surface area contributed by atoms with Crippen LogP contribution in [0.3, 0.4) is 0 Å². The van der Waals surface area contributed by atoms with Crippen LogP contribution in [0.15, 0.2) is 36.5 Å². The molecule has 24 heavy (non-hydrogen) atoms. The summed E-state index contributed by atoms with van der Waals surface area (Å²) in [6, 6.07) is 0. The van der Waals surface area contributed by atoms with Crippen molar-refractivity contribution in [2.45, 2.75) is 83.3 Å². The van der Waals surface area contributed by atoms with E-state index in [9.17, 15) is 15.0 Å². The number of allylic oxidation sites excluding steroid dienone is 5. The normalized spacial score (nSPS) is 14.8. The van der Waals surface area contributed by atoms with Gasteiger partial charge in [0.05, 0.1) is 12.2 Å². The monoisotopic (exact) mass is 338 g/mol. The van der Waals surface area contributed by atoms with Crippen molar-refractivity contribution in [3.05, 3.63) is 36.5 Å². The van der Waals surface area contributed by atoms with Gasteiger partial charge in [-0.2, -0.15) is 0 Å². The number of carboxylic acids is 1. The number of carboxylic acid groups (broad SMARTS) is 1. The predicted molar refractivity (Wildman–Crippen MR) is 98.9 cm³/mol. The molecule has 2 unspecified atom stereocenters. The van der Waals surface area contributed by atoms with Crippen LogP contribution in [0.5, 0.6) is 0 Å². The second kappa shape index (κ2) is 16.5. The highest BCUT2D eigenvalue weighted by Gasteiger charge is 2.12. The molecule has 0 rings (SSSR count). The van der Waals surface area contributed by atoms with Crippen LogP contribution < -0.4 is 0 Å². The SMILES string of the molecule is CCC(O)C(O)CCCCCCCCCC=CC=CC=CC(=O)O. The van der Waals surface area contributed by atoms with Gasteiger partial charge in [0.25, 0.3) is 0 Å². The number of carbonyl (C=O) groups is 1. The van der Waals surface area contributed by atoms with E-state index in [1.54, 1.807) is 6.08 Å². The highest BCUT2D eigenvalue weighted by molar-refractivity contribution is 5.80. The molecule has 138 valence electrons. The first-order chi connectivity index (χ1) is 11.6. The lowest BCUT2D eigenvalue weighted by molar-refractivity contribution is -0.131. The zero-order chi connectivity index (χ0) is 18.0. The molecule has 0 amide bonds. The molecule has 3 N–H and O–H groups in total. The highest BCUT2D eigenvalue weighted by Crippen LogP contribution is 2.12. The summed E-state index contributed by atoms with van der Waals surface area (Å²) in [6.45, 7) is 1.88. The first kappa shape index (κ1) is 22.6. The number of hydrogen-bond acceptors (Lipinski definition) is 3. The van der Waals surface area contributed by atoms with Gasteiger partial charge in [-0.25, -0.2) is 4.79 Å². The van der Waals surface area contributed by atoms with Crippen LogP contribution in [0.1, 0.15) is 71.1 Å². The predicted octanol–water partition coefficient (Wildman–Crippen LogP) is 4.38. The molecular weight excluding hydrogens is 304 g/mol. The van der Waals surface area contributed by atoms with Crippen molar-refractivity contribution in [3.8, 4) is 0 Å². The van der Waals surface area contributed by atoms with E-state index in [4.69, 9.17) is 5.11 Å². The van der Waals surface area contributed by atoms with Gasteiger partial charge in [-0.3, -0.25) is 0 Å². The van der Waals surface area contributed by atoms with Crippen LogP contribution in [0.25, 0.3) is 0 Å². The summed E-state index contributed by atoms with van der Waals surface area (Å²) >= 11 is 0. The lowest BCUT2D eigenvalue weighted by atomic mass is 10.0. The first-order valence-corrected chi connectivity index (χ1v) is 9.16. The molecule has 0 aliphatic rings. The third-order valence-electron chi connectivity index (χ3n) is 3.94. The van der Waals surface area contributed by atoms with E-state index in [-0.39, 0.29) is 0 Å². The Labute approximate surface area is 146 Å². The fraction of sp³-hybridized carbons (Fsp3) is 0.650. The maximum atomic E-state index is 10.2. The van der Waals surface area contributed by atoms with Gasteiger partial charge in [-0.05, 0) is 25.7 Å². The van der Waals surface area contributed by atoms with Crippen LogP contribution in [0.2, 0.25) is 0 Å². The van der Waals surface area contributed by atoms with Crippen molar-refractivity contribution < 1.29 is 20.1 Å². The number of aliphatic hydroxyl groups is 2. The average Bonchev–Trinajstić information content (AvgIpc) is 2.57. The van der Waals surface area contributed by atoms with Gasteiger partial charge in [0.2, 0.25) is 0 Å². The largest absolute Gasteiger partial charge is 0.478 e. The Bertz CT molecular complexity index is 385. The van der Waals surface area contributed by atoms with Crippen molar-refractivity contribution >= 4 is 5.97 Å². The van der Waals surface area contributed by atoms with E-state index in [2.05, 4.69) is 6.08 Å². The van der Waals surface area contributed by atoms with Gasteiger partial charge >= 0.3 is 5.97 Å². The molecular formula is C20H34O4. The molecule has 0 aliphatic heterocycles. The third kappa shape index (κ3) is 15.5. The van der Waals surface area contributed by atoms with Crippen molar-refractivity contribution in [2.24, 2.45) is 0 Å². The quantitative estimate of drug-likeness (QED) is 0.235. The first-order valence-electron chi connectivity index (χ1n) is 9.16. The molecule has 0 aliphatic carbocycles. The molecule has 0 aromatic rings. The van der Waals surface area contributed by atoms with Gasteiger partial charge in [-0.15, -0.1) is 0 Å². The van der Waals surface area contributed by atoms with Crippen molar-refractivity contribution in [2.75, 3.05) is 0 Å². The van der Waals surface area contributed by atoms with E-state index < -0.39 is 18.2 Å². The molecule has 0 fully saturated rings. The number of rotatable bonds is 15. The number of unbranched alkanes of at least 4 members (excludes halogenated alkanes) is 7. The average molecular weight is 338 g/mol. The van der Waals surface area contributed by atoms with Gasteiger partial charge in [0.15, 0.2) is 0 Å².